The van der Waals surface area contributed by atoms with Crippen molar-refractivity contribution in [3.63, 3.8) is 0 Å². The van der Waals surface area contributed by atoms with Gasteiger partial charge >= 0.3 is 0 Å². The molecule has 0 unspecified atom stereocenters. The number of benzene rings is 3. The van der Waals surface area contributed by atoms with Crippen LogP contribution in [0.3, 0.4) is 0 Å². The highest BCUT2D eigenvalue weighted by molar-refractivity contribution is 6.05. The second kappa shape index (κ2) is 9.67. The van der Waals surface area contributed by atoms with Crippen molar-refractivity contribution in [2.75, 3.05) is 36.0 Å². The molecule has 0 spiro atoms. The van der Waals surface area contributed by atoms with Gasteiger partial charge in [0.2, 0.25) is 0 Å². The van der Waals surface area contributed by atoms with Crippen LogP contribution in [0, 0.1) is 0 Å². The summed E-state index contributed by atoms with van der Waals surface area (Å²) in [5.74, 6) is -0.0539. The first-order chi connectivity index (χ1) is 17.4. The molecule has 0 saturated heterocycles. The first-order valence-electron chi connectivity index (χ1n) is 12.5. The van der Waals surface area contributed by atoms with Crippen LogP contribution in [0.2, 0.25) is 0 Å². The summed E-state index contributed by atoms with van der Waals surface area (Å²) in [5.41, 5.74) is 15.6. The zero-order valence-corrected chi connectivity index (χ0v) is 21.1. The van der Waals surface area contributed by atoms with Gasteiger partial charge in [0.05, 0.1) is 0 Å². The molecule has 0 radical (unpaired) electrons. The van der Waals surface area contributed by atoms with Crippen LogP contribution >= 0.6 is 0 Å². The molecule has 2 heterocycles. The Bertz CT molecular complexity index is 1350. The summed E-state index contributed by atoms with van der Waals surface area (Å²) >= 11 is 0. The number of carbonyl (C=O) groups is 1. The predicted octanol–water partition coefficient (Wildman–Crippen LogP) is 5.85. The lowest BCUT2D eigenvalue weighted by atomic mass is 9.87. The van der Waals surface area contributed by atoms with Gasteiger partial charge in [0, 0.05) is 59.8 Å². The Morgan fingerprint density at radius 1 is 1.14 bits per heavy atom. The Kier molecular flexibility index (Phi) is 6.42. The monoisotopic (exact) mass is 478 g/mol. The molecule has 0 aromatic heterocycles. The number of nitrogens with zero attached hydrogens (tertiary/aromatic N) is 1. The van der Waals surface area contributed by atoms with E-state index in [0.29, 0.717) is 0 Å². The van der Waals surface area contributed by atoms with Gasteiger partial charge in [-0.3, -0.25) is 9.69 Å². The van der Waals surface area contributed by atoms with Crippen LogP contribution in [0.15, 0.2) is 79.4 Å². The second-order valence-electron chi connectivity index (χ2n) is 10.4. The lowest BCUT2D eigenvalue weighted by molar-refractivity contribution is 0.102. The van der Waals surface area contributed by atoms with E-state index in [2.05, 4.69) is 54.2 Å². The van der Waals surface area contributed by atoms with Crippen molar-refractivity contribution in [3.05, 3.63) is 107 Å². The fourth-order valence-corrected chi connectivity index (χ4v) is 5.38. The van der Waals surface area contributed by atoms with Gasteiger partial charge in [-0.2, -0.15) is 0 Å². The number of nitrogen functional groups attached to an aromatic ring is 1. The van der Waals surface area contributed by atoms with Gasteiger partial charge in [-0.15, -0.1) is 0 Å². The fourth-order valence-electron chi connectivity index (χ4n) is 5.38. The Labute approximate surface area is 213 Å². The molecule has 184 valence electrons. The number of allylic oxidation sites excluding steroid dienone is 2. The van der Waals surface area contributed by atoms with Crippen LogP contribution < -0.4 is 16.4 Å². The van der Waals surface area contributed by atoms with Crippen LogP contribution in [-0.2, 0) is 18.4 Å². The van der Waals surface area contributed by atoms with Gasteiger partial charge in [0.15, 0.2) is 0 Å². The minimum atomic E-state index is -0.0539. The molecule has 5 nitrogen and oxygen atoms in total. The van der Waals surface area contributed by atoms with Crippen LogP contribution in [0.1, 0.15) is 46.5 Å². The zero-order valence-electron chi connectivity index (χ0n) is 21.1. The molecule has 0 bridgehead atoms. The van der Waals surface area contributed by atoms with Crippen molar-refractivity contribution in [2.45, 2.75) is 32.2 Å². The standard InChI is InChI=1S/C31H34N4O/c1-4-8-21(25-10-5-6-12-28(25)32)18-35-16-15-24-22(19-35)9-7-11-26(24)30(36)34-23-13-14-27-29(17-23)33-20-31(27,2)3/h4-14,17,33H,1,15-16,18-20,32H2,2-3H3,(H,34,36)/b21-8-. The topological polar surface area (TPSA) is 70.4 Å². The molecule has 3 aromatic rings. The molecular formula is C31H34N4O. The minimum absolute atomic E-state index is 0.0539. The molecule has 0 aliphatic carbocycles. The predicted molar refractivity (Wildman–Crippen MR) is 150 cm³/mol. The Morgan fingerprint density at radius 2 is 1.94 bits per heavy atom. The number of anilines is 3. The van der Waals surface area contributed by atoms with E-state index in [1.165, 1.54) is 11.1 Å². The zero-order chi connectivity index (χ0) is 25.3. The molecule has 36 heavy (non-hydrogen) atoms. The molecular weight excluding hydrogens is 444 g/mol. The molecule has 1 amide bonds. The number of hydrogen-bond donors (Lipinski definition) is 3. The number of para-hydroxylation sites is 1. The van der Waals surface area contributed by atoms with Crippen molar-refractivity contribution in [2.24, 2.45) is 0 Å². The van der Waals surface area contributed by atoms with E-state index < -0.39 is 0 Å². The average Bonchev–Trinajstić information content (AvgIpc) is 3.17. The molecule has 5 rings (SSSR count). The van der Waals surface area contributed by atoms with E-state index in [4.69, 9.17) is 5.73 Å². The van der Waals surface area contributed by atoms with E-state index in [0.717, 1.165) is 71.9 Å². The summed E-state index contributed by atoms with van der Waals surface area (Å²) < 4.78 is 0. The van der Waals surface area contributed by atoms with Crippen molar-refractivity contribution >= 4 is 28.5 Å². The van der Waals surface area contributed by atoms with E-state index in [1.807, 2.05) is 54.6 Å². The first kappa shape index (κ1) is 23.9. The normalized spacial score (nSPS) is 16.6. The van der Waals surface area contributed by atoms with Gasteiger partial charge in [-0.25, -0.2) is 0 Å². The van der Waals surface area contributed by atoms with Gasteiger partial charge in [0.25, 0.3) is 5.91 Å². The van der Waals surface area contributed by atoms with Gasteiger partial charge in [-0.1, -0.05) is 69.0 Å². The van der Waals surface area contributed by atoms with E-state index in [-0.39, 0.29) is 11.3 Å². The number of carbonyl (C=O) groups excluding carboxylic acids is 1. The highest BCUT2D eigenvalue weighted by Gasteiger charge is 2.30. The highest BCUT2D eigenvalue weighted by Crippen LogP contribution is 2.37. The third-order valence-corrected chi connectivity index (χ3v) is 7.34. The van der Waals surface area contributed by atoms with E-state index in [9.17, 15) is 4.79 Å². The Balaban J connectivity index is 1.32. The number of fused-ring (bicyclic) bond motifs is 2. The van der Waals surface area contributed by atoms with Gasteiger partial charge in [-0.05, 0) is 52.9 Å². The van der Waals surface area contributed by atoms with Crippen LogP contribution in [0.4, 0.5) is 17.1 Å². The average molecular weight is 479 g/mol. The van der Waals surface area contributed by atoms with E-state index >= 15 is 0 Å². The van der Waals surface area contributed by atoms with E-state index in [1.54, 1.807) is 0 Å². The largest absolute Gasteiger partial charge is 0.398 e. The second-order valence-corrected chi connectivity index (χ2v) is 10.4. The van der Waals surface area contributed by atoms with Crippen LogP contribution in [0.25, 0.3) is 5.57 Å². The summed E-state index contributed by atoms with van der Waals surface area (Å²) in [6.45, 7) is 11.7. The number of hydrogen-bond acceptors (Lipinski definition) is 4. The SMILES string of the molecule is C=C/C=C(/CN1CCc2c(cccc2C(=O)Nc2ccc3c(c2)NCC3(C)C)C1)c1ccccc1N. The van der Waals surface area contributed by atoms with Gasteiger partial charge < -0.3 is 16.4 Å². The maximum Gasteiger partial charge on any atom is 0.255 e. The van der Waals surface area contributed by atoms with Crippen molar-refractivity contribution < 1.29 is 4.79 Å². The molecule has 5 heteroatoms. The smallest absolute Gasteiger partial charge is 0.255 e. The summed E-state index contributed by atoms with van der Waals surface area (Å²) in [4.78, 5) is 15.7. The molecule has 0 fully saturated rings. The molecule has 3 aromatic carbocycles. The lowest BCUT2D eigenvalue weighted by Crippen LogP contribution is -2.33. The van der Waals surface area contributed by atoms with Crippen molar-refractivity contribution in [3.8, 4) is 0 Å². The van der Waals surface area contributed by atoms with Crippen LogP contribution in [-0.4, -0.2) is 30.4 Å². The molecule has 2 aliphatic heterocycles. The Hall–Kier alpha value is -3.83. The molecule has 4 N–H and O–H groups in total. The highest BCUT2D eigenvalue weighted by atomic mass is 16.1. The maximum atomic E-state index is 13.3. The number of nitrogens with two attached hydrogens (primary N) is 1. The number of amides is 1. The number of rotatable bonds is 6. The van der Waals surface area contributed by atoms with Gasteiger partial charge in [0.1, 0.15) is 0 Å². The molecule has 0 atom stereocenters. The van der Waals surface area contributed by atoms with Crippen molar-refractivity contribution in [1.29, 1.82) is 0 Å². The number of nitrogens with one attached hydrogen (secondary N) is 2. The van der Waals surface area contributed by atoms with Crippen LogP contribution in [0.5, 0.6) is 0 Å². The minimum Gasteiger partial charge on any atom is -0.398 e. The Morgan fingerprint density at radius 3 is 2.75 bits per heavy atom. The summed E-state index contributed by atoms with van der Waals surface area (Å²) in [7, 11) is 0. The third-order valence-electron chi connectivity index (χ3n) is 7.34. The molecule has 0 saturated carbocycles. The molecule has 2 aliphatic rings. The third kappa shape index (κ3) is 4.67. The van der Waals surface area contributed by atoms with Crippen molar-refractivity contribution in [1.82, 2.24) is 4.90 Å². The lowest BCUT2D eigenvalue weighted by Gasteiger charge is -2.31. The first-order valence-corrected chi connectivity index (χ1v) is 12.5. The summed E-state index contributed by atoms with van der Waals surface area (Å²) in [6.07, 6.45) is 4.68. The summed E-state index contributed by atoms with van der Waals surface area (Å²) in [5, 5.41) is 6.59. The fraction of sp³-hybridized carbons (Fsp3) is 0.258. The quantitative estimate of drug-likeness (QED) is 0.307. The maximum absolute atomic E-state index is 13.3. The summed E-state index contributed by atoms with van der Waals surface area (Å²) in [6, 6.07) is 20.2.